The quantitative estimate of drug-likeness (QED) is 0.844. The van der Waals surface area contributed by atoms with Gasteiger partial charge in [0, 0.05) is 32.5 Å². The van der Waals surface area contributed by atoms with Crippen molar-refractivity contribution in [2.75, 3.05) is 13.1 Å². The number of halogens is 1. The number of rotatable bonds is 5. The average Bonchev–Trinajstić information content (AvgIpc) is 2.69. The maximum atomic E-state index is 12.9. The highest BCUT2D eigenvalue weighted by molar-refractivity contribution is 5.87. The summed E-state index contributed by atoms with van der Waals surface area (Å²) in [6, 6.07) is 12.2. The predicted octanol–water partition coefficient (Wildman–Crippen LogP) is 3.28. The normalized spacial score (nSPS) is 14.6. The molecule has 1 fully saturated rings. The van der Waals surface area contributed by atoms with E-state index in [4.69, 9.17) is 9.84 Å². The second-order valence-electron chi connectivity index (χ2n) is 6.42. The molecule has 1 saturated heterocycles. The number of ether oxygens (including phenoxy) is 1. The van der Waals surface area contributed by atoms with Crippen LogP contribution in [0.2, 0.25) is 0 Å². The average molecular weight is 372 g/mol. The molecule has 0 bridgehead atoms. The highest BCUT2D eigenvalue weighted by Gasteiger charge is 2.23. The number of carbonyl (C=O) groups excluding carboxylic acids is 1. The lowest BCUT2D eigenvalue weighted by Crippen LogP contribution is -2.46. The molecule has 142 valence electrons. The lowest BCUT2D eigenvalue weighted by atomic mass is 10.1. The number of nitrogens with zero attached hydrogens (tertiary/aromatic N) is 1. The van der Waals surface area contributed by atoms with Crippen LogP contribution in [-0.4, -0.2) is 41.2 Å². The van der Waals surface area contributed by atoms with Crippen molar-refractivity contribution < 1.29 is 23.8 Å². The molecule has 1 aliphatic rings. The number of likely N-dealkylation sites (tertiary alicyclic amines) is 1. The van der Waals surface area contributed by atoms with E-state index in [1.165, 1.54) is 24.3 Å². The number of piperidine rings is 1. The lowest BCUT2D eigenvalue weighted by molar-refractivity contribution is 0.0696. The number of carboxylic acid groups (broad SMARTS) is 1. The molecule has 1 heterocycles. The third-order valence-corrected chi connectivity index (χ3v) is 4.49. The topological polar surface area (TPSA) is 78.9 Å². The molecule has 7 heteroatoms. The second kappa shape index (κ2) is 8.53. The Labute approximate surface area is 156 Å². The van der Waals surface area contributed by atoms with Gasteiger partial charge in [-0.2, -0.15) is 0 Å². The molecule has 6 nitrogen and oxygen atoms in total. The Morgan fingerprint density at radius 1 is 1.07 bits per heavy atom. The largest absolute Gasteiger partial charge is 0.490 e. The Morgan fingerprint density at radius 3 is 2.30 bits per heavy atom. The van der Waals surface area contributed by atoms with Gasteiger partial charge in [-0.05, 0) is 42.0 Å². The van der Waals surface area contributed by atoms with E-state index in [1.807, 2.05) is 0 Å². The van der Waals surface area contributed by atoms with Crippen molar-refractivity contribution in [2.45, 2.75) is 25.5 Å². The van der Waals surface area contributed by atoms with E-state index >= 15 is 0 Å². The summed E-state index contributed by atoms with van der Waals surface area (Å²) in [6.45, 7) is 1.50. The molecule has 0 radical (unpaired) electrons. The maximum Gasteiger partial charge on any atom is 0.335 e. The number of hydrogen-bond donors (Lipinski definition) is 2. The van der Waals surface area contributed by atoms with Gasteiger partial charge in [-0.25, -0.2) is 14.0 Å². The Hall–Kier alpha value is -3.09. The number of carboxylic acids is 1. The van der Waals surface area contributed by atoms with Gasteiger partial charge in [0.25, 0.3) is 0 Å². The van der Waals surface area contributed by atoms with Crippen LogP contribution in [0.5, 0.6) is 5.75 Å². The summed E-state index contributed by atoms with van der Waals surface area (Å²) < 4.78 is 18.7. The van der Waals surface area contributed by atoms with Crippen molar-refractivity contribution >= 4 is 12.0 Å². The van der Waals surface area contributed by atoms with Crippen molar-refractivity contribution in [3.8, 4) is 5.75 Å². The van der Waals surface area contributed by atoms with Crippen molar-refractivity contribution in [1.29, 1.82) is 0 Å². The summed E-state index contributed by atoms with van der Waals surface area (Å²) in [4.78, 5) is 24.9. The zero-order chi connectivity index (χ0) is 19.2. The first-order valence-corrected chi connectivity index (χ1v) is 8.78. The zero-order valence-corrected chi connectivity index (χ0v) is 14.7. The molecule has 0 unspecified atom stereocenters. The summed E-state index contributed by atoms with van der Waals surface area (Å²) in [5.74, 6) is -0.646. The summed E-state index contributed by atoms with van der Waals surface area (Å²) in [6.07, 6.45) is 1.42. The van der Waals surface area contributed by atoms with Gasteiger partial charge in [-0.1, -0.05) is 12.1 Å². The van der Waals surface area contributed by atoms with E-state index in [0.29, 0.717) is 38.2 Å². The van der Waals surface area contributed by atoms with Crippen LogP contribution in [0.4, 0.5) is 9.18 Å². The van der Waals surface area contributed by atoms with Crippen LogP contribution >= 0.6 is 0 Å². The molecular formula is C20H21FN2O4. The molecule has 2 amide bonds. The summed E-state index contributed by atoms with van der Waals surface area (Å²) in [5.41, 5.74) is 1.05. The molecule has 0 saturated carbocycles. The van der Waals surface area contributed by atoms with Crippen molar-refractivity contribution in [3.63, 3.8) is 0 Å². The van der Waals surface area contributed by atoms with Crippen LogP contribution in [-0.2, 0) is 6.54 Å². The first-order chi connectivity index (χ1) is 13.0. The van der Waals surface area contributed by atoms with Gasteiger partial charge in [0.1, 0.15) is 17.7 Å². The SMILES string of the molecule is O=C(O)c1ccc(CNC(=O)N2CCC(Oc3ccc(F)cc3)CC2)cc1. The summed E-state index contributed by atoms with van der Waals surface area (Å²) in [5, 5.41) is 11.7. The van der Waals surface area contributed by atoms with E-state index in [0.717, 1.165) is 5.56 Å². The van der Waals surface area contributed by atoms with Gasteiger partial charge in [-0.15, -0.1) is 0 Å². The first-order valence-electron chi connectivity index (χ1n) is 8.78. The number of benzene rings is 2. The van der Waals surface area contributed by atoms with E-state index in [-0.39, 0.29) is 23.5 Å². The fraction of sp³-hybridized carbons (Fsp3) is 0.300. The molecule has 0 aliphatic carbocycles. The molecule has 2 aromatic carbocycles. The van der Waals surface area contributed by atoms with E-state index in [1.54, 1.807) is 29.2 Å². The van der Waals surface area contributed by atoms with Gasteiger partial charge in [0.05, 0.1) is 5.56 Å². The third-order valence-electron chi connectivity index (χ3n) is 4.49. The standard InChI is InChI=1S/C20H21FN2O4/c21-16-5-7-17(8-6-16)27-18-9-11-23(12-10-18)20(26)22-13-14-1-3-15(4-2-14)19(24)25/h1-8,18H,9-13H2,(H,22,26)(H,24,25). The Kier molecular flexibility index (Phi) is 5.90. The van der Waals surface area contributed by atoms with E-state index in [9.17, 15) is 14.0 Å². The monoisotopic (exact) mass is 372 g/mol. The fourth-order valence-electron chi connectivity index (χ4n) is 2.94. The minimum atomic E-state index is -0.976. The van der Waals surface area contributed by atoms with Gasteiger partial charge in [0.2, 0.25) is 0 Å². The van der Waals surface area contributed by atoms with Crippen molar-refractivity contribution in [3.05, 3.63) is 65.5 Å². The van der Waals surface area contributed by atoms with Crippen molar-refractivity contribution in [1.82, 2.24) is 10.2 Å². The van der Waals surface area contributed by atoms with Crippen LogP contribution in [0.1, 0.15) is 28.8 Å². The smallest absolute Gasteiger partial charge is 0.335 e. The molecule has 2 aromatic rings. The molecule has 0 aromatic heterocycles. The van der Waals surface area contributed by atoms with Crippen LogP contribution < -0.4 is 10.1 Å². The van der Waals surface area contributed by atoms with Crippen LogP contribution in [0.15, 0.2) is 48.5 Å². The number of aromatic carboxylic acids is 1. The number of nitrogens with one attached hydrogen (secondary N) is 1. The van der Waals surface area contributed by atoms with Gasteiger partial charge < -0.3 is 20.1 Å². The van der Waals surface area contributed by atoms with Crippen LogP contribution in [0.3, 0.4) is 0 Å². The zero-order valence-electron chi connectivity index (χ0n) is 14.7. The van der Waals surface area contributed by atoms with Gasteiger partial charge >= 0.3 is 12.0 Å². The minimum Gasteiger partial charge on any atom is -0.490 e. The molecule has 2 N–H and O–H groups in total. The van der Waals surface area contributed by atoms with E-state index < -0.39 is 5.97 Å². The Morgan fingerprint density at radius 2 is 1.70 bits per heavy atom. The molecule has 0 atom stereocenters. The fourth-order valence-corrected chi connectivity index (χ4v) is 2.94. The molecule has 0 spiro atoms. The third kappa shape index (κ3) is 5.20. The van der Waals surface area contributed by atoms with Crippen LogP contribution in [0, 0.1) is 5.82 Å². The summed E-state index contributed by atoms with van der Waals surface area (Å²) >= 11 is 0. The first kappa shape index (κ1) is 18.7. The van der Waals surface area contributed by atoms with Crippen molar-refractivity contribution in [2.24, 2.45) is 0 Å². The number of amides is 2. The number of urea groups is 1. The molecule has 1 aliphatic heterocycles. The predicted molar refractivity (Wildman–Crippen MR) is 97.3 cm³/mol. The minimum absolute atomic E-state index is 0.00285. The Bertz CT molecular complexity index is 785. The maximum absolute atomic E-state index is 12.9. The molecule has 27 heavy (non-hydrogen) atoms. The molecular weight excluding hydrogens is 351 g/mol. The highest BCUT2D eigenvalue weighted by atomic mass is 19.1. The molecule has 3 rings (SSSR count). The number of carbonyl (C=O) groups is 2. The number of hydrogen-bond acceptors (Lipinski definition) is 3. The van der Waals surface area contributed by atoms with Gasteiger partial charge in [0.15, 0.2) is 0 Å². The Balaban J connectivity index is 1.42. The lowest BCUT2D eigenvalue weighted by Gasteiger charge is -2.32. The second-order valence-corrected chi connectivity index (χ2v) is 6.42. The highest BCUT2D eigenvalue weighted by Crippen LogP contribution is 2.19. The van der Waals surface area contributed by atoms with Crippen LogP contribution in [0.25, 0.3) is 0 Å². The van der Waals surface area contributed by atoms with E-state index in [2.05, 4.69) is 5.32 Å². The summed E-state index contributed by atoms with van der Waals surface area (Å²) in [7, 11) is 0. The van der Waals surface area contributed by atoms with Gasteiger partial charge in [-0.3, -0.25) is 0 Å².